The second-order valence-electron chi connectivity index (χ2n) is 6.21. The summed E-state index contributed by atoms with van der Waals surface area (Å²) in [6.07, 6.45) is 0. The number of para-hydroxylation sites is 1. The standard InChI is InChI=1S/C21H28N4O2S.HI/c1-25(2)20(26)16-24-21(22-13-14-28-18-10-5-4-6-11-18)23-15-17-9-7-8-12-19(17)27-3;/h4-12H,13-16H2,1-3H3,(H2,22,23,24);1H. The summed E-state index contributed by atoms with van der Waals surface area (Å²) < 4.78 is 5.38. The van der Waals surface area contributed by atoms with Crippen molar-refractivity contribution in [2.24, 2.45) is 4.99 Å². The number of hydrogen-bond acceptors (Lipinski definition) is 4. The summed E-state index contributed by atoms with van der Waals surface area (Å²) in [5, 5.41) is 6.40. The van der Waals surface area contributed by atoms with Gasteiger partial charge in [-0.1, -0.05) is 36.4 Å². The molecule has 158 valence electrons. The zero-order valence-electron chi connectivity index (χ0n) is 17.1. The normalized spacial score (nSPS) is 10.7. The predicted octanol–water partition coefficient (Wildman–Crippen LogP) is 3.23. The maximum Gasteiger partial charge on any atom is 0.241 e. The Labute approximate surface area is 194 Å². The van der Waals surface area contributed by atoms with Crippen LogP contribution < -0.4 is 15.4 Å². The number of halogens is 1. The lowest BCUT2D eigenvalue weighted by Gasteiger charge is -2.15. The van der Waals surface area contributed by atoms with Gasteiger partial charge in [-0.25, -0.2) is 4.99 Å². The van der Waals surface area contributed by atoms with E-state index in [9.17, 15) is 4.79 Å². The van der Waals surface area contributed by atoms with E-state index < -0.39 is 0 Å². The number of hydrogen-bond donors (Lipinski definition) is 2. The third kappa shape index (κ3) is 9.40. The van der Waals surface area contributed by atoms with Crippen LogP contribution in [-0.4, -0.2) is 56.8 Å². The Morgan fingerprint density at radius 2 is 1.76 bits per heavy atom. The molecule has 0 spiro atoms. The number of benzene rings is 2. The van der Waals surface area contributed by atoms with Crippen LogP contribution >= 0.6 is 35.7 Å². The fourth-order valence-electron chi connectivity index (χ4n) is 2.34. The lowest BCUT2D eigenvalue weighted by atomic mass is 10.2. The van der Waals surface area contributed by atoms with Crippen molar-refractivity contribution in [1.82, 2.24) is 15.5 Å². The highest BCUT2D eigenvalue weighted by atomic mass is 127. The van der Waals surface area contributed by atoms with E-state index in [1.165, 1.54) is 4.90 Å². The molecule has 6 nitrogen and oxygen atoms in total. The third-order valence-corrected chi connectivity index (χ3v) is 4.93. The van der Waals surface area contributed by atoms with Crippen molar-refractivity contribution in [1.29, 1.82) is 0 Å². The van der Waals surface area contributed by atoms with E-state index in [0.717, 1.165) is 23.6 Å². The molecule has 2 N–H and O–H groups in total. The molecule has 0 heterocycles. The van der Waals surface area contributed by atoms with Gasteiger partial charge in [-0.15, -0.1) is 35.7 Å². The first-order chi connectivity index (χ1) is 13.6. The molecule has 0 bridgehead atoms. The van der Waals surface area contributed by atoms with Crippen molar-refractivity contribution < 1.29 is 9.53 Å². The van der Waals surface area contributed by atoms with Gasteiger partial charge < -0.3 is 20.3 Å². The number of carbonyl (C=O) groups excluding carboxylic acids is 1. The topological polar surface area (TPSA) is 66.0 Å². The Bertz CT molecular complexity index is 772. The Morgan fingerprint density at radius 3 is 2.45 bits per heavy atom. The molecular weight excluding hydrogens is 499 g/mol. The molecule has 29 heavy (non-hydrogen) atoms. The minimum absolute atomic E-state index is 0. The SMILES string of the molecule is COc1ccccc1CN=C(NCCSc1ccccc1)NCC(=O)N(C)C.I. The van der Waals surface area contributed by atoms with Crippen molar-refractivity contribution >= 4 is 47.6 Å². The minimum atomic E-state index is -0.00884. The van der Waals surface area contributed by atoms with Gasteiger partial charge in [0.25, 0.3) is 0 Å². The molecule has 0 aromatic heterocycles. The van der Waals surface area contributed by atoms with Crippen molar-refractivity contribution in [3.8, 4) is 5.75 Å². The largest absolute Gasteiger partial charge is 0.496 e. The van der Waals surface area contributed by atoms with Crippen LogP contribution in [0.5, 0.6) is 5.75 Å². The molecule has 0 radical (unpaired) electrons. The van der Waals surface area contributed by atoms with E-state index in [1.807, 2.05) is 42.5 Å². The van der Waals surface area contributed by atoms with E-state index in [1.54, 1.807) is 37.9 Å². The van der Waals surface area contributed by atoms with Crippen LogP contribution in [0.3, 0.4) is 0 Å². The highest BCUT2D eigenvalue weighted by Gasteiger charge is 2.07. The van der Waals surface area contributed by atoms with E-state index in [2.05, 4.69) is 27.8 Å². The molecule has 2 aromatic rings. The smallest absolute Gasteiger partial charge is 0.241 e. The average Bonchev–Trinajstić information content (AvgIpc) is 2.73. The maximum atomic E-state index is 11.9. The van der Waals surface area contributed by atoms with Gasteiger partial charge in [0, 0.05) is 36.9 Å². The van der Waals surface area contributed by atoms with Crippen molar-refractivity contribution in [3.63, 3.8) is 0 Å². The lowest BCUT2D eigenvalue weighted by Crippen LogP contribution is -2.43. The van der Waals surface area contributed by atoms with Crippen LogP contribution in [0.25, 0.3) is 0 Å². The first-order valence-electron chi connectivity index (χ1n) is 9.12. The summed E-state index contributed by atoms with van der Waals surface area (Å²) in [4.78, 5) is 19.3. The van der Waals surface area contributed by atoms with Crippen LogP contribution in [0.15, 0.2) is 64.5 Å². The van der Waals surface area contributed by atoms with Gasteiger partial charge in [-0.05, 0) is 18.2 Å². The number of guanidine groups is 1. The molecule has 0 saturated carbocycles. The minimum Gasteiger partial charge on any atom is -0.496 e. The molecule has 2 aromatic carbocycles. The van der Waals surface area contributed by atoms with Gasteiger partial charge >= 0.3 is 0 Å². The molecule has 1 amide bonds. The number of methoxy groups -OCH3 is 1. The number of amides is 1. The summed E-state index contributed by atoms with van der Waals surface area (Å²) in [6.45, 7) is 1.38. The van der Waals surface area contributed by atoms with Gasteiger partial charge in [-0.3, -0.25) is 4.79 Å². The number of likely N-dealkylation sites (N-methyl/N-ethyl adjacent to an activating group) is 1. The Balaban J connectivity index is 0.00000420. The third-order valence-electron chi connectivity index (χ3n) is 3.91. The summed E-state index contributed by atoms with van der Waals surface area (Å²) in [5.74, 6) is 2.29. The molecule has 0 aliphatic rings. The van der Waals surface area contributed by atoms with Crippen LogP contribution in [0.4, 0.5) is 0 Å². The fraction of sp³-hybridized carbons (Fsp3) is 0.333. The Hall–Kier alpha value is -1.94. The van der Waals surface area contributed by atoms with Crippen LogP contribution in [0.1, 0.15) is 5.56 Å². The first-order valence-corrected chi connectivity index (χ1v) is 10.1. The second-order valence-corrected chi connectivity index (χ2v) is 7.38. The van der Waals surface area contributed by atoms with Gasteiger partial charge in [0.15, 0.2) is 5.96 Å². The van der Waals surface area contributed by atoms with E-state index in [0.29, 0.717) is 12.5 Å². The number of rotatable bonds is 9. The molecule has 0 aliphatic carbocycles. The van der Waals surface area contributed by atoms with Gasteiger partial charge in [0.2, 0.25) is 5.91 Å². The van der Waals surface area contributed by atoms with Crippen LogP contribution in [-0.2, 0) is 11.3 Å². The highest BCUT2D eigenvalue weighted by Crippen LogP contribution is 2.18. The molecule has 2 rings (SSSR count). The van der Waals surface area contributed by atoms with E-state index >= 15 is 0 Å². The molecule has 0 saturated heterocycles. The van der Waals surface area contributed by atoms with Gasteiger partial charge in [0.1, 0.15) is 5.75 Å². The molecule has 0 fully saturated rings. The van der Waals surface area contributed by atoms with Gasteiger partial charge in [-0.2, -0.15) is 0 Å². The second kappa shape index (κ2) is 14.1. The number of thioether (sulfide) groups is 1. The summed E-state index contributed by atoms with van der Waals surface area (Å²) in [5.41, 5.74) is 0.990. The average molecular weight is 528 g/mol. The molecule has 8 heteroatoms. The number of carbonyl (C=O) groups is 1. The van der Waals surface area contributed by atoms with Gasteiger partial charge in [0.05, 0.1) is 20.2 Å². The monoisotopic (exact) mass is 528 g/mol. The highest BCUT2D eigenvalue weighted by molar-refractivity contribution is 14.0. The summed E-state index contributed by atoms with van der Waals surface area (Å²) in [6, 6.07) is 18.0. The molecule has 0 unspecified atom stereocenters. The lowest BCUT2D eigenvalue weighted by molar-refractivity contribution is -0.127. The number of ether oxygens (including phenoxy) is 1. The van der Waals surface area contributed by atoms with E-state index in [-0.39, 0.29) is 36.4 Å². The zero-order chi connectivity index (χ0) is 20.2. The quantitative estimate of drug-likeness (QED) is 0.172. The van der Waals surface area contributed by atoms with E-state index in [4.69, 9.17) is 4.74 Å². The van der Waals surface area contributed by atoms with Crippen LogP contribution in [0.2, 0.25) is 0 Å². The summed E-state index contributed by atoms with van der Waals surface area (Å²) in [7, 11) is 5.12. The fourth-order valence-corrected chi connectivity index (χ4v) is 3.13. The van der Waals surface area contributed by atoms with Crippen molar-refractivity contribution in [3.05, 3.63) is 60.2 Å². The summed E-state index contributed by atoms with van der Waals surface area (Å²) >= 11 is 1.77. The van der Waals surface area contributed by atoms with Crippen LogP contribution in [0, 0.1) is 0 Å². The molecule has 0 aliphatic heterocycles. The predicted molar refractivity (Wildman–Crippen MR) is 131 cm³/mol. The number of nitrogens with one attached hydrogen (secondary N) is 2. The Morgan fingerprint density at radius 1 is 1.07 bits per heavy atom. The zero-order valence-corrected chi connectivity index (χ0v) is 20.2. The number of aliphatic imine (C=N–C) groups is 1. The van der Waals surface area contributed by atoms with Crippen molar-refractivity contribution in [2.75, 3.05) is 40.0 Å². The molecule has 0 atom stereocenters. The number of nitrogens with zero attached hydrogens (tertiary/aromatic N) is 2. The maximum absolute atomic E-state index is 11.9. The first kappa shape index (κ1) is 25.1. The van der Waals surface area contributed by atoms with Crippen molar-refractivity contribution in [2.45, 2.75) is 11.4 Å². The molecular formula is C21H29IN4O2S. The Kier molecular flexibility index (Phi) is 12.2.